The lowest BCUT2D eigenvalue weighted by Crippen LogP contribution is -2.42. The van der Waals surface area contributed by atoms with Crippen LogP contribution in [-0.4, -0.2) is 23.2 Å². The number of ether oxygens (including phenoxy) is 1. The fourth-order valence-corrected chi connectivity index (χ4v) is 2.64. The summed E-state index contributed by atoms with van der Waals surface area (Å²) in [7, 11) is 0. The van der Waals surface area contributed by atoms with Crippen LogP contribution in [0, 0.1) is 0 Å². The summed E-state index contributed by atoms with van der Waals surface area (Å²) in [6, 6.07) is 12.7. The van der Waals surface area contributed by atoms with Crippen molar-refractivity contribution in [2.45, 2.75) is 19.1 Å². The monoisotopic (exact) mass is 367 g/mol. The van der Waals surface area contributed by atoms with Crippen molar-refractivity contribution >= 4 is 35.3 Å². The topological polar surface area (TPSA) is 75.6 Å². The van der Waals surface area contributed by atoms with Gasteiger partial charge in [-0.05, 0) is 29.3 Å². The summed E-state index contributed by atoms with van der Waals surface area (Å²) in [4.78, 5) is 23.2. The number of carboxylic acid groups (broad SMARTS) is 1. The summed E-state index contributed by atoms with van der Waals surface area (Å²) in [5.74, 6) is -1.18. The number of hydrogen-bond acceptors (Lipinski definition) is 3. The van der Waals surface area contributed by atoms with Crippen LogP contribution < -0.4 is 5.32 Å². The highest BCUT2D eigenvalue weighted by molar-refractivity contribution is 6.34. The Morgan fingerprint density at radius 3 is 2.25 bits per heavy atom. The van der Waals surface area contributed by atoms with Gasteiger partial charge in [0.25, 0.3) is 0 Å². The molecule has 1 atom stereocenters. The van der Waals surface area contributed by atoms with E-state index in [2.05, 4.69) is 5.32 Å². The molecule has 5 nitrogen and oxygen atoms in total. The lowest BCUT2D eigenvalue weighted by Gasteiger charge is -2.15. The first kappa shape index (κ1) is 18.1. The molecule has 0 aromatic heterocycles. The Morgan fingerprint density at radius 1 is 1.04 bits per heavy atom. The average Bonchev–Trinajstić information content (AvgIpc) is 2.52. The smallest absolute Gasteiger partial charge is 0.408 e. The lowest BCUT2D eigenvalue weighted by atomic mass is 10.1. The van der Waals surface area contributed by atoms with Gasteiger partial charge in [0.05, 0.1) is 0 Å². The number of carboxylic acids is 1. The SMILES string of the molecule is O=C(N[C@H](Cc1cc(Cl)cc(Cl)c1)C(=O)O)OCc1ccccc1. The number of rotatable bonds is 6. The summed E-state index contributed by atoms with van der Waals surface area (Å²) >= 11 is 11.8. The molecule has 24 heavy (non-hydrogen) atoms. The van der Waals surface area contributed by atoms with Crippen molar-refractivity contribution in [2.24, 2.45) is 0 Å². The molecule has 0 saturated carbocycles. The molecular formula is C17H15Cl2NO4. The summed E-state index contributed by atoms with van der Waals surface area (Å²) in [5.41, 5.74) is 1.41. The molecule has 0 aliphatic heterocycles. The predicted octanol–water partition coefficient (Wildman–Crippen LogP) is 3.92. The number of aliphatic carboxylic acids is 1. The van der Waals surface area contributed by atoms with Gasteiger partial charge in [-0.3, -0.25) is 0 Å². The molecule has 2 N–H and O–H groups in total. The number of nitrogens with one attached hydrogen (secondary N) is 1. The Kier molecular flexibility index (Phi) is 6.46. The second-order valence-electron chi connectivity index (χ2n) is 5.08. The Balaban J connectivity index is 1.95. The number of benzene rings is 2. The van der Waals surface area contributed by atoms with E-state index in [9.17, 15) is 14.7 Å². The second kappa shape index (κ2) is 8.57. The van der Waals surface area contributed by atoms with Gasteiger partial charge in [-0.25, -0.2) is 9.59 Å². The Morgan fingerprint density at radius 2 is 1.67 bits per heavy atom. The van der Waals surface area contributed by atoms with Crippen molar-refractivity contribution in [1.82, 2.24) is 5.32 Å². The van der Waals surface area contributed by atoms with E-state index in [1.165, 1.54) is 0 Å². The fourth-order valence-electron chi connectivity index (χ4n) is 2.07. The van der Waals surface area contributed by atoms with E-state index < -0.39 is 18.1 Å². The molecule has 0 aliphatic carbocycles. The molecule has 0 unspecified atom stereocenters. The van der Waals surface area contributed by atoms with Crippen LogP contribution in [-0.2, 0) is 22.6 Å². The fraction of sp³-hybridized carbons (Fsp3) is 0.176. The minimum absolute atomic E-state index is 0.0377. The molecule has 0 bridgehead atoms. The van der Waals surface area contributed by atoms with Gasteiger partial charge in [-0.2, -0.15) is 0 Å². The van der Waals surface area contributed by atoms with E-state index in [1.807, 2.05) is 18.2 Å². The largest absolute Gasteiger partial charge is 0.480 e. The zero-order valence-electron chi connectivity index (χ0n) is 12.5. The summed E-state index contributed by atoms with van der Waals surface area (Å²) in [6.45, 7) is 0.0575. The Hall–Kier alpha value is -2.24. The lowest BCUT2D eigenvalue weighted by molar-refractivity contribution is -0.139. The van der Waals surface area contributed by atoms with Gasteiger partial charge in [0.1, 0.15) is 12.6 Å². The molecular weight excluding hydrogens is 353 g/mol. The van der Waals surface area contributed by atoms with Crippen LogP contribution in [0.15, 0.2) is 48.5 Å². The normalized spacial score (nSPS) is 11.6. The number of alkyl carbamates (subject to hydrolysis) is 1. The zero-order valence-corrected chi connectivity index (χ0v) is 14.1. The highest BCUT2D eigenvalue weighted by atomic mass is 35.5. The van der Waals surface area contributed by atoms with E-state index in [4.69, 9.17) is 27.9 Å². The molecule has 0 saturated heterocycles. The minimum atomic E-state index is -1.18. The maximum atomic E-state index is 11.8. The molecule has 0 aliphatic rings. The third kappa shape index (κ3) is 5.76. The van der Waals surface area contributed by atoms with Crippen LogP contribution in [0.25, 0.3) is 0 Å². The molecule has 0 heterocycles. The highest BCUT2D eigenvalue weighted by Gasteiger charge is 2.21. The second-order valence-corrected chi connectivity index (χ2v) is 5.95. The summed E-state index contributed by atoms with van der Waals surface area (Å²) < 4.78 is 5.03. The molecule has 0 radical (unpaired) electrons. The summed E-state index contributed by atoms with van der Waals surface area (Å²) in [6.07, 6.45) is -0.768. The first-order valence-corrected chi connectivity index (χ1v) is 7.84. The molecule has 0 fully saturated rings. The van der Waals surface area contributed by atoms with Gasteiger partial charge < -0.3 is 15.2 Å². The number of carbonyl (C=O) groups excluding carboxylic acids is 1. The van der Waals surface area contributed by atoms with E-state index >= 15 is 0 Å². The average molecular weight is 368 g/mol. The van der Waals surface area contributed by atoms with Crippen LogP contribution >= 0.6 is 23.2 Å². The maximum absolute atomic E-state index is 11.8. The van der Waals surface area contributed by atoms with Crippen molar-refractivity contribution in [3.05, 3.63) is 69.7 Å². The predicted molar refractivity (Wildman–Crippen MR) is 91.4 cm³/mol. The van der Waals surface area contributed by atoms with Gasteiger partial charge in [-0.1, -0.05) is 53.5 Å². The first-order chi connectivity index (χ1) is 11.4. The number of hydrogen-bond donors (Lipinski definition) is 2. The molecule has 1 amide bonds. The van der Waals surface area contributed by atoms with Gasteiger partial charge in [0, 0.05) is 16.5 Å². The number of carbonyl (C=O) groups is 2. The molecule has 2 aromatic carbocycles. The van der Waals surface area contributed by atoms with E-state index in [1.54, 1.807) is 30.3 Å². The minimum Gasteiger partial charge on any atom is -0.480 e. The number of amides is 1. The van der Waals surface area contributed by atoms with Crippen LogP contribution in [0.2, 0.25) is 10.0 Å². The van der Waals surface area contributed by atoms with Gasteiger partial charge in [0.2, 0.25) is 0 Å². The molecule has 2 rings (SSSR count). The van der Waals surface area contributed by atoms with E-state index in [-0.39, 0.29) is 13.0 Å². The Bertz CT molecular complexity index is 702. The first-order valence-electron chi connectivity index (χ1n) is 7.09. The molecule has 7 heteroatoms. The van der Waals surface area contributed by atoms with E-state index in [0.29, 0.717) is 15.6 Å². The van der Waals surface area contributed by atoms with Crippen molar-refractivity contribution in [2.75, 3.05) is 0 Å². The zero-order chi connectivity index (χ0) is 17.5. The van der Waals surface area contributed by atoms with Gasteiger partial charge in [-0.15, -0.1) is 0 Å². The van der Waals surface area contributed by atoms with Crippen LogP contribution in [0.5, 0.6) is 0 Å². The number of halogens is 2. The van der Waals surface area contributed by atoms with Crippen molar-refractivity contribution in [3.8, 4) is 0 Å². The van der Waals surface area contributed by atoms with Gasteiger partial charge >= 0.3 is 12.1 Å². The third-order valence-electron chi connectivity index (χ3n) is 3.17. The molecule has 0 spiro atoms. The quantitative estimate of drug-likeness (QED) is 0.811. The third-order valence-corrected chi connectivity index (χ3v) is 3.60. The maximum Gasteiger partial charge on any atom is 0.408 e. The van der Waals surface area contributed by atoms with Crippen LogP contribution in [0.1, 0.15) is 11.1 Å². The van der Waals surface area contributed by atoms with Crippen molar-refractivity contribution < 1.29 is 19.4 Å². The standard InChI is InChI=1S/C17H15Cl2NO4/c18-13-6-12(7-14(19)9-13)8-15(16(21)22)20-17(23)24-10-11-4-2-1-3-5-11/h1-7,9,15H,8,10H2,(H,20,23)(H,21,22)/t15-/m1/s1. The highest BCUT2D eigenvalue weighted by Crippen LogP contribution is 2.20. The Labute approximate surface area is 149 Å². The molecule has 2 aromatic rings. The molecule has 126 valence electrons. The van der Waals surface area contributed by atoms with E-state index in [0.717, 1.165) is 5.56 Å². The van der Waals surface area contributed by atoms with Crippen LogP contribution in [0.3, 0.4) is 0 Å². The summed E-state index contributed by atoms with van der Waals surface area (Å²) in [5, 5.41) is 12.4. The van der Waals surface area contributed by atoms with Crippen LogP contribution in [0.4, 0.5) is 4.79 Å². The van der Waals surface area contributed by atoms with Gasteiger partial charge in [0.15, 0.2) is 0 Å². The van der Waals surface area contributed by atoms with Crippen molar-refractivity contribution in [3.63, 3.8) is 0 Å². The van der Waals surface area contributed by atoms with Crippen molar-refractivity contribution in [1.29, 1.82) is 0 Å².